The average Bonchev–Trinajstić information content (AvgIpc) is 3.79. The Labute approximate surface area is 324 Å². The van der Waals surface area contributed by atoms with E-state index in [4.69, 9.17) is 14.2 Å². The smallest absolute Gasteiger partial charge is 0.328 e. The van der Waals surface area contributed by atoms with Crippen molar-refractivity contribution in [3.8, 4) is 0 Å². The average molecular weight is 757 g/mol. The minimum absolute atomic E-state index is 0.00200. The van der Waals surface area contributed by atoms with E-state index in [1.54, 1.807) is 30.9 Å². The van der Waals surface area contributed by atoms with Crippen molar-refractivity contribution in [2.24, 2.45) is 23.7 Å². The number of nitrogens with one attached hydrogen (secondary N) is 1. The van der Waals surface area contributed by atoms with E-state index in [-0.39, 0.29) is 60.6 Å². The fourth-order valence-corrected chi connectivity index (χ4v) is 8.53. The van der Waals surface area contributed by atoms with Crippen molar-refractivity contribution in [2.45, 2.75) is 129 Å². The molecule has 54 heavy (non-hydrogen) atoms. The van der Waals surface area contributed by atoms with Gasteiger partial charge in [0, 0.05) is 46.6 Å². The Morgan fingerprint density at radius 2 is 1.63 bits per heavy atom. The van der Waals surface area contributed by atoms with E-state index < -0.39 is 47.6 Å². The Bertz CT molecular complexity index is 1410. The summed E-state index contributed by atoms with van der Waals surface area (Å²) in [5.74, 6) is -2.32. The third kappa shape index (κ3) is 10.7. The maximum Gasteiger partial charge on any atom is 0.328 e. The molecule has 3 amide bonds. The van der Waals surface area contributed by atoms with Crippen LogP contribution in [0, 0.1) is 23.7 Å². The highest BCUT2D eigenvalue weighted by Gasteiger charge is 2.45. The monoisotopic (exact) mass is 757 g/mol. The molecule has 2 aliphatic heterocycles. The summed E-state index contributed by atoms with van der Waals surface area (Å²) in [6.07, 6.45) is 3.12. The highest BCUT2D eigenvalue weighted by Crippen LogP contribution is 2.34. The molecule has 2 aliphatic rings. The van der Waals surface area contributed by atoms with Gasteiger partial charge in [-0.3, -0.25) is 24.1 Å². The first-order valence-electron chi connectivity index (χ1n) is 19.8. The summed E-state index contributed by atoms with van der Waals surface area (Å²) in [6.45, 7) is 13.2. The van der Waals surface area contributed by atoms with Gasteiger partial charge in [-0.2, -0.15) is 0 Å². The van der Waals surface area contributed by atoms with Gasteiger partial charge in [0.15, 0.2) is 5.78 Å². The first kappa shape index (κ1) is 45.0. The lowest BCUT2D eigenvalue weighted by Gasteiger charge is -2.41. The Morgan fingerprint density at radius 3 is 2.17 bits per heavy atom. The highest BCUT2D eigenvalue weighted by molar-refractivity contribution is 5.93. The number of likely N-dealkylation sites (tertiary alicyclic amines) is 2. The summed E-state index contributed by atoms with van der Waals surface area (Å²) in [6, 6.07) is 7.73. The van der Waals surface area contributed by atoms with Gasteiger partial charge in [-0.25, -0.2) is 4.79 Å². The predicted molar refractivity (Wildman–Crippen MR) is 208 cm³/mol. The van der Waals surface area contributed by atoms with Crippen molar-refractivity contribution >= 4 is 29.5 Å². The molecule has 0 aliphatic carbocycles. The van der Waals surface area contributed by atoms with Crippen LogP contribution in [0.2, 0.25) is 0 Å². The topological polar surface area (TPSA) is 135 Å². The molecule has 0 radical (unpaired) electrons. The first-order chi connectivity index (χ1) is 25.6. The van der Waals surface area contributed by atoms with Crippen LogP contribution in [0.15, 0.2) is 30.3 Å². The first-order valence-corrected chi connectivity index (χ1v) is 19.8. The second kappa shape index (κ2) is 20.5. The number of Topliss-reactive ketones (excluding diaryl/α,β-unsaturated/α-hetero) is 1. The summed E-state index contributed by atoms with van der Waals surface area (Å²) in [7, 11) is 8.16. The number of likely N-dealkylation sites (N-methyl/N-ethyl adjacent to an activating group) is 2. The lowest BCUT2D eigenvalue weighted by molar-refractivity contribution is -0.150. The predicted octanol–water partition coefficient (Wildman–Crippen LogP) is 4.52. The van der Waals surface area contributed by atoms with Gasteiger partial charge in [0.25, 0.3) is 0 Å². The second-order valence-electron chi connectivity index (χ2n) is 16.1. The maximum absolute atomic E-state index is 14.3. The van der Waals surface area contributed by atoms with Crippen LogP contribution in [0.5, 0.6) is 0 Å². The second-order valence-corrected chi connectivity index (χ2v) is 16.1. The number of esters is 1. The van der Waals surface area contributed by atoms with Crippen LogP contribution < -0.4 is 5.32 Å². The van der Waals surface area contributed by atoms with E-state index in [2.05, 4.69) is 24.1 Å². The van der Waals surface area contributed by atoms with Crippen LogP contribution >= 0.6 is 0 Å². The number of ketones is 1. The van der Waals surface area contributed by atoms with Crippen molar-refractivity contribution < 1.29 is 38.2 Å². The number of hydrogen-bond donors (Lipinski definition) is 1. The molecule has 2 heterocycles. The summed E-state index contributed by atoms with van der Waals surface area (Å²) < 4.78 is 17.0. The van der Waals surface area contributed by atoms with Gasteiger partial charge < -0.3 is 29.3 Å². The van der Waals surface area contributed by atoms with E-state index >= 15 is 0 Å². The summed E-state index contributed by atoms with van der Waals surface area (Å²) in [4.78, 5) is 74.2. The van der Waals surface area contributed by atoms with Crippen molar-refractivity contribution in [1.82, 2.24) is 20.0 Å². The molecule has 0 spiro atoms. The van der Waals surface area contributed by atoms with Crippen LogP contribution in [0.3, 0.4) is 0 Å². The van der Waals surface area contributed by atoms with E-state index in [9.17, 15) is 24.0 Å². The normalized spacial score (nSPS) is 22.9. The molecule has 0 unspecified atom stereocenters. The quantitative estimate of drug-likeness (QED) is 0.191. The van der Waals surface area contributed by atoms with Gasteiger partial charge in [0.2, 0.25) is 17.7 Å². The van der Waals surface area contributed by atoms with Crippen molar-refractivity contribution in [1.29, 1.82) is 0 Å². The SMILES string of the molecule is CC[C@H](C)[C@@H]([C@@H](CC(=O)N1CCC[C@H]1[C@H](OC)[C@@H](C)C(=O)N[C@@H](Cc1ccccc1)C(=O)OC)OC)N(C)C(=O)[C@@H](CC(=O)[C@@]1(C)CCCN1C)C(C)C. The van der Waals surface area contributed by atoms with Gasteiger partial charge in [-0.05, 0) is 63.6 Å². The van der Waals surface area contributed by atoms with Gasteiger partial charge >= 0.3 is 5.97 Å². The zero-order valence-electron chi connectivity index (χ0n) is 34.8. The Kier molecular flexibility index (Phi) is 17.1. The number of hydrogen-bond acceptors (Lipinski definition) is 9. The minimum atomic E-state index is -0.883. The number of amides is 3. The third-order valence-electron chi connectivity index (χ3n) is 12.5. The molecule has 3 rings (SSSR count). The number of benzene rings is 1. The van der Waals surface area contributed by atoms with Crippen LogP contribution in [0.4, 0.5) is 0 Å². The fourth-order valence-electron chi connectivity index (χ4n) is 8.53. The van der Waals surface area contributed by atoms with Crippen LogP contribution in [-0.2, 0) is 44.6 Å². The van der Waals surface area contributed by atoms with Crippen LogP contribution in [-0.4, -0.2) is 129 Å². The van der Waals surface area contributed by atoms with E-state index in [1.807, 2.05) is 58.2 Å². The molecule has 1 N–H and O–H groups in total. The maximum atomic E-state index is 14.3. The number of methoxy groups -OCH3 is 3. The molecule has 0 aromatic heterocycles. The van der Waals surface area contributed by atoms with Gasteiger partial charge in [0.1, 0.15) is 6.04 Å². The van der Waals surface area contributed by atoms with E-state index in [1.165, 1.54) is 14.2 Å². The van der Waals surface area contributed by atoms with Gasteiger partial charge in [-0.1, -0.05) is 71.4 Å². The van der Waals surface area contributed by atoms with Crippen LogP contribution in [0.1, 0.15) is 92.1 Å². The number of ether oxygens (including phenoxy) is 3. The summed E-state index contributed by atoms with van der Waals surface area (Å²) in [5, 5.41) is 2.87. The molecule has 0 bridgehead atoms. The molecule has 2 saturated heterocycles. The van der Waals surface area contributed by atoms with Crippen molar-refractivity contribution in [3.05, 3.63) is 35.9 Å². The summed E-state index contributed by atoms with van der Waals surface area (Å²) >= 11 is 0. The molecule has 0 saturated carbocycles. The van der Waals surface area contributed by atoms with Crippen LogP contribution in [0.25, 0.3) is 0 Å². The lowest BCUT2D eigenvalue weighted by Crippen LogP contribution is -2.55. The highest BCUT2D eigenvalue weighted by atomic mass is 16.5. The fraction of sp³-hybridized carbons (Fsp3) is 0.738. The van der Waals surface area contributed by atoms with Crippen molar-refractivity contribution in [3.63, 3.8) is 0 Å². The molecule has 9 atom stereocenters. The number of rotatable bonds is 20. The molecule has 304 valence electrons. The number of nitrogens with zero attached hydrogens (tertiary/aromatic N) is 3. The lowest BCUT2D eigenvalue weighted by atomic mass is 9.81. The van der Waals surface area contributed by atoms with E-state index in [0.717, 1.165) is 37.8 Å². The zero-order chi connectivity index (χ0) is 40.3. The van der Waals surface area contributed by atoms with Crippen molar-refractivity contribution in [2.75, 3.05) is 48.5 Å². The standard InChI is InChI=1S/C42H68N4O8/c1-12-28(4)37(45(8)40(50)31(27(2)3)25-35(47)42(6)21-17-22-44(42)7)34(52-9)26-36(48)46-23-16-20-33(46)38(53-10)29(5)39(49)43-32(41(51)54-11)24-30-18-14-13-15-19-30/h13-15,18-19,27-29,31-34,37-38H,12,16-17,20-26H2,1-11H3,(H,43,49)/t28-,29+,31-,32-,33-,34+,37-,38+,42+/m0/s1. The Balaban J connectivity index is 1.77. The van der Waals surface area contributed by atoms with Gasteiger partial charge in [0.05, 0.1) is 49.3 Å². The third-order valence-corrected chi connectivity index (χ3v) is 12.5. The molecule has 1 aromatic carbocycles. The van der Waals surface area contributed by atoms with Gasteiger partial charge in [-0.15, -0.1) is 0 Å². The molecular formula is C42H68N4O8. The summed E-state index contributed by atoms with van der Waals surface area (Å²) in [5.41, 5.74) is 0.311. The molecule has 1 aromatic rings. The van der Waals surface area contributed by atoms with E-state index in [0.29, 0.717) is 13.0 Å². The minimum Gasteiger partial charge on any atom is -0.467 e. The molecular weight excluding hydrogens is 688 g/mol. The largest absolute Gasteiger partial charge is 0.467 e. The Morgan fingerprint density at radius 1 is 0.963 bits per heavy atom. The Hall–Kier alpha value is -3.35. The number of carbonyl (C=O) groups excluding carboxylic acids is 5. The molecule has 12 nitrogen and oxygen atoms in total. The zero-order valence-corrected chi connectivity index (χ0v) is 34.8. The molecule has 2 fully saturated rings. The number of carbonyl (C=O) groups is 5. The molecule has 12 heteroatoms.